The van der Waals surface area contributed by atoms with E-state index in [1.165, 1.54) is 0 Å². The lowest BCUT2D eigenvalue weighted by Crippen LogP contribution is -2.36. The Morgan fingerprint density at radius 2 is 1.75 bits per heavy atom. The topological polar surface area (TPSA) is 46.6 Å². The number of amides is 2. The molecule has 84 valence electrons. The average molecular weight is 240 g/mol. The maximum absolute atomic E-state index is 11.9. The molecule has 0 radical (unpaired) electrons. The number of imide groups is 1. The lowest BCUT2D eigenvalue weighted by molar-refractivity contribution is -0.127. The minimum Gasteiger partial charge on any atom is -0.433 e. The smallest absolute Gasteiger partial charge is 0.422 e. The predicted octanol–water partition coefficient (Wildman–Crippen LogP) is 2.60. The molecule has 5 heteroatoms. The predicted molar refractivity (Wildman–Crippen MR) is 59.5 cm³/mol. The van der Waals surface area contributed by atoms with Gasteiger partial charge in [0.05, 0.1) is 5.69 Å². The Hall–Kier alpha value is -1.55. The molecule has 2 amide bonds. The van der Waals surface area contributed by atoms with Gasteiger partial charge in [0.1, 0.15) is 0 Å². The number of hydrogen-bond acceptors (Lipinski definition) is 3. The fourth-order valence-corrected chi connectivity index (χ4v) is 1.60. The first-order chi connectivity index (χ1) is 7.42. The number of anilines is 1. The van der Waals surface area contributed by atoms with Crippen molar-refractivity contribution < 1.29 is 14.3 Å². The van der Waals surface area contributed by atoms with Crippen molar-refractivity contribution in [2.45, 2.75) is 19.4 Å². The summed E-state index contributed by atoms with van der Waals surface area (Å²) in [7, 11) is 0. The van der Waals surface area contributed by atoms with Crippen molar-refractivity contribution in [3.63, 3.8) is 0 Å². The second-order valence-corrected chi connectivity index (χ2v) is 4.43. The van der Waals surface area contributed by atoms with E-state index in [0.29, 0.717) is 10.7 Å². The molecule has 0 unspecified atom stereocenters. The third-order valence-electron chi connectivity index (χ3n) is 2.33. The molecular weight excluding hydrogens is 230 g/mol. The summed E-state index contributed by atoms with van der Waals surface area (Å²) in [5.74, 6) is -0.375. The Kier molecular flexibility index (Phi) is 2.39. The van der Waals surface area contributed by atoms with Crippen LogP contribution in [0.5, 0.6) is 0 Å². The highest BCUT2D eigenvalue weighted by molar-refractivity contribution is 6.30. The number of carbonyl (C=O) groups is 2. The molecule has 0 N–H and O–H groups in total. The molecule has 1 aliphatic rings. The minimum absolute atomic E-state index is 0.375. The van der Waals surface area contributed by atoms with Gasteiger partial charge in [-0.1, -0.05) is 11.6 Å². The molecular formula is C11H10ClNO3. The monoisotopic (exact) mass is 239 g/mol. The summed E-state index contributed by atoms with van der Waals surface area (Å²) in [6.45, 7) is 3.12. The van der Waals surface area contributed by atoms with Gasteiger partial charge in [0, 0.05) is 5.02 Å². The van der Waals surface area contributed by atoms with Crippen LogP contribution in [0.1, 0.15) is 13.8 Å². The van der Waals surface area contributed by atoms with Gasteiger partial charge in [0.2, 0.25) is 0 Å². The molecule has 0 bridgehead atoms. The van der Waals surface area contributed by atoms with Crippen LogP contribution < -0.4 is 4.90 Å². The van der Waals surface area contributed by atoms with E-state index in [1.54, 1.807) is 38.1 Å². The van der Waals surface area contributed by atoms with Gasteiger partial charge < -0.3 is 4.74 Å². The molecule has 0 spiro atoms. The van der Waals surface area contributed by atoms with E-state index in [-0.39, 0.29) is 5.91 Å². The molecule has 1 saturated heterocycles. The maximum atomic E-state index is 11.9. The molecule has 4 nitrogen and oxygen atoms in total. The van der Waals surface area contributed by atoms with Crippen LogP contribution in [0.2, 0.25) is 5.02 Å². The summed E-state index contributed by atoms with van der Waals surface area (Å²) >= 11 is 5.73. The molecule has 0 aliphatic carbocycles. The first-order valence-corrected chi connectivity index (χ1v) is 5.13. The molecule has 0 atom stereocenters. The Balaban J connectivity index is 2.39. The van der Waals surface area contributed by atoms with Crippen molar-refractivity contribution >= 4 is 29.3 Å². The first kappa shape index (κ1) is 11.0. The fraction of sp³-hybridized carbons (Fsp3) is 0.273. The molecule has 0 aromatic heterocycles. The van der Waals surface area contributed by atoms with Gasteiger partial charge in [-0.25, -0.2) is 9.69 Å². The zero-order valence-electron chi connectivity index (χ0n) is 8.86. The molecule has 1 heterocycles. The van der Waals surface area contributed by atoms with Gasteiger partial charge in [-0.3, -0.25) is 4.79 Å². The largest absolute Gasteiger partial charge is 0.433 e. The number of ether oxygens (including phenoxy) is 1. The van der Waals surface area contributed by atoms with Crippen LogP contribution in [0.15, 0.2) is 24.3 Å². The average Bonchev–Trinajstić information content (AvgIpc) is 2.39. The number of rotatable bonds is 1. The lowest BCUT2D eigenvalue weighted by atomic mass is 10.1. The van der Waals surface area contributed by atoms with E-state index in [9.17, 15) is 9.59 Å². The van der Waals surface area contributed by atoms with E-state index in [2.05, 4.69) is 0 Å². The van der Waals surface area contributed by atoms with E-state index < -0.39 is 11.7 Å². The molecule has 2 rings (SSSR count). The van der Waals surface area contributed by atoms with Crippen LogP contribution in [0.25, 0.3) is 0 Å². The normalized spacial score (nSPS) is 18.8. The van der Waals surface area contributed by atoms with Crippen LogP contribution in [0, 0.1) is 0 Å². The van der Waals surface area contributed by atoms with Crippen molar-refractivity contribution in [1.29, 1.82) is 0 Å². The Morgan fingerprint density at radius 3 is 2.19 bits per heavy atom. The number of benzene rings is 1. The molecule has 0 saturated carbocycles. The molecule has 1 fully saturated rings. The number of cyclic esters (lactones) is 1. The van der Waals surface area contributed by atoms with Crippen molar-refractivity contribution in [3.05, 3.63) is 29.3 Å². The Morgan fingerprint density at radius 1 is 1.19 bits per heavy atom. The Labute approximate surface area is 97.7 Å². The highest BCUT2D eigenvalue weighted by Gasteiger charge is 2.47. The Bertz CT molecular complexity index is 453. The van der Waals surface area contributed by atoms with Crippen LogP contribution in [-0.2, 0) is 9.53 Å². The zero-order chi connectivity index (χ0) is 11.9. The van der Waals surface area contributed by atoms with E-state index in [1.807, 2.05) is 0 Å². The third-order valence-corrected chi connectivity index (χ3v) is 2.58. The van der Waals surface area contributed by atoms with Crippen LogP contribution in [0.3, 0.4) is 0 Å². The maximum Gasteiger partial charge on any atom is 0.422 e. The van der Waals surface area contributed by atoms with Gasteiger partial charge in [0.25, 0.3) is 5.91 Å². The van der Waals surface area contributed by atoms with Crippen LogP contribution >= 0.6 is 11.6 Å². The second-order valence-electron chi connectivity index (χ2n) is 4.00. The van der Waals surface area contributed by atoms with Gasteiger partial charge in [-0.05, 0) is 38.1 Å². The molecule has 1 aromatic rings. The van der Waals surface area contributed by atoms with Gasteiger partial charge >= 0.3 is 6.09 Å². The van der Waals surface area contributed by atoms with E-state index >= 15 is 0 Å². The van der Waals surface area contributed by atoms with Crippen LogP contribution in [-0.4, -0.2) is 17.6 Å². The number of hydrogen-bond donors (Lipinski definition) is 0. The quantitative estimate of drug-likeness (QED) is 0.757. The van der Waals surface area contributed by atoms with Crippen molar-refractivity contribution in [3.8, 4) is 0 Å². The van der Waals surface area contributed by atoms with Gasteiger partial charge in [0.15, 0.2) is 5.60 Å². The summed E-state index contributed by atoms with van der Waals surface area (Å²) in [5, 5.41) is 0.544. The standard InChI is InChI=1S/C11H10ClNO3/c1-11(2)9(14)13(10(15)16-11)8-5-3-7(12)4-6-8/h3-6H,1-2H3. The number of halogens is 1. The van der Waals surface area contributed by atoms with Crippen LogP contribution in [0.4, 0.5) is 10.5 Å². The highest BCUT2D eigenvalue weighted by Crippen LogP contribution is 2.29. The zero-order valence-corrected chi connectivity index (χ0v) is 9.62. The van der Waals surface area contributed by atoms with E-state index in [0.717, 1.165) is 4.90 Å². The summed E-state index contributed by atoms with van der Waals surface area (Å²) in [6.07, 6.45) is -0.655. The van der Waals surface area contributed by atoms with Gasteiger partial charge in [-0.15, -0.1) is 0 Å². The van der Waals surface area contributed by atoms with Crippen molar-refractivity contribution in [1.82, 2.24) is 0 Å². The van der Waals surface area contributed by atoms with Crippen molar-refractivity contribution in [2.75, 3.05) is 4.90 Å². The van der Waals surface area contributed by atoms with Crippen molar-refractivity contribution in [2.24, 2.45) is 0 Å². The van der Waals surface area contributed by atoms with E-state index in [4.69, 9.17) is 16.3 Å². The first-order valence-electron chi connectivity index (χ1n) is 4.75. The fourth-order valence-electron chi connectivity index (χ4n) is 1.47. The van der Waals surface area contributed by atoms with Gasteiger partial charge in [-0.2, -0.15) is 0 Å². The molecule has 16 heavy (non-hydrogen) atoms. The summed E-state index contributed by atoms with van der Waals surface area (Å²) in [5.41, 5.74) is -0.638. The second kappa shape index (κ2) is 3.49. The lowest BCUT2D eigenvalue weighted by Gasteiger charge is -2.13. The molecule has 1 aliphatic heterocycles. The SMILES string of the molecule is CC1(C)OC(=O)N(c2ccc(Cl)cc2)C1=O. The minimum atomic E-state index is -1.10. The molecule has 1 aromatic carbocycles. The summed E-state index contributed by atoms with van der Waals surface area (Å²) in [6, 6.07) is 6.43. The number of nitrogens with zero attached hydrogens (tertiary/aromatic N) is 1. The highest BCUT2D eigenvalue weighted by atomic mass is 35.5. The summed E-state index contributed by atoms with van der Waals surface area (Å²) in [4.78, 5) is 24.4. The number of carbonyl (C=O) groups excluding carboxylic acids is 2. The third kappa shape index (κ3) is 1.65. The summed E-state index contributed by atoms with van der Waals surface area (Å²) < 4.78 is 4.96.